The minimum Gasteiger partial charge on any atom is -0.481 e. The summed E-state index contributed by atoms with van der Waals surface area (Å²) in [4.78, 5) is 11.2. The summed E-state index contributed by atoms with van der Waals surface area (Å²) in [6.07, 6.45) is 0.831. The molecule has 15 heavy (non-hydrogen) atoms. The number of hydrogen-bond donors (Lipinski definition) is 1. The maximum Gasteiger partial charge on any atom is 0.303 e. The van der Waals surface area contributed by atoms with Gasteiger partial charge in [0.2, 0.25) is 0 Å². The van der Waals surface area contributed by atoms with Crippen LogP contribution in [0.3, 0.4) is 0 Å². The lowest BCUT2D eigenvalue weighted by molar-refractivity contribution is -0.137. The summed E-state index contributed by atoms with van der Waals surface area (Å²) in [6.45, 7) is 0. The standard InChI is InChI=1S/C10H10Cl2O2S/c11-7-3-4-9(8(12)6-7)15-5-1-2-10(13)14/h3-4,6H,1-2,5H2,(H,13,14). The minimum absolute atomic E-state index is 0.193. The van der Waals surface area contributed by atoms with Crippen molar-refractivity contribution in [2.24, 2.45) is 0 Å². The number of rotatable bonds is 5. The van der Waals surface area contributed by atoms with E-state index < -0.39 is 5.97 Å². The molecule has 0 unspecified atom stereocenters. The molecule has 82 valence electrons. The van der Waals surface area contributed by atoms with Crippen molar-refractivity contribution in [3.8, 4) is 0 Å². The van der Waals surface area contributed by atoms with E-state index in [9.17, 15) is 4.79 Å². The molecule has 0 aromatic heterocycles. The Hall–Kier alpha value is -0.380. The number of halogens is 2. The quantitative estimate of drug-likeness (QED) is 0.647. The Morgan fingerprint density at radius 3 is 2.73 bits per heavy atom. The Balaban J connectivity index is 2.40. The van der Waals surface area contributed by atoms with Gasteiger partial charge in [-0.15, -0.1) is 11.8 Å². The molecular weight excluding hydrogens is 255 g/mol. The highest BCUT2D eigenvalue weighted by Crippen LogP contribution is 2.30. The summed E-state index contributed by atoms with van der Waals surface area (Å²) in [5.41, 5.74) is 0. The van der Waals surface area contributed by atoms with Gasteiger partial charge >= 0.3 is 5.97 Å². The second kappa shape index (κ2) is 6.26. The fraction of sp³-hybridized carbons (Fsp3) is 0.300. The molecule has 0 aliphatic heterocycles. The molecule has 1 N–H and O–H groups in total. The third kappa shape index (κ3) is 4.78. The molecule has 1 rings (SSSR count). The zero-order valence-electron chi connectivity index (χ0n) is 7.87. The molecular formula is C10H10Cl2O2S. The van der Waals surface area contributed by atoms with Crippen LogP contribution < -0.4 is 0 Å². The molecule has 0 bridgehead atoms. The van der Waals surface area contributed by atoms with Crippen LogP contribution in [-0.2, 0) is 4.79 Å². The highest BCUT2D eigenvalue weighted by molar-refractivity contribution is 7.99. The van der Waals surface area contributed by atoms with E-state index in [0.29, 0.717) is 16.5 Å². The fourth-order valence-corrected chi connectivity index (χ4v) is 2.44. The normalized spacial score (nSPS) is 10.3. The Morgan fingerprint density at radius 1 is 1.40 bits per heavy atom. The SMILES string of the molecule is O=C(O)CCCSc1ccc(Cl)cc1Cl. The molecule has 5 heteroatoms. The fourth-order valence-electron chi connectivity index (χ4n) is 0.998. The Kier molecular flexibility index (Phi) is 5.29. The number of benzene rings is 1. The molecule has 0 heterocycles. The van der Waals surface area contributed by atoms with Crippen molar-refractivity contribution in [2.75, 3.05) is 5.75 Å². The van der Waals surface area contributed by atoms with Crippen molar-refractivity contribution in [1.82, 2.24) is 0 Å². The monoisotopic (exact) mass is 264 g/mol. The highest BCUT2D eigenvalue weighted by atomic mass is 35.5. The average molecular weight is 265 g/mol. The third-order valence-electron chi connectivity index (χ3n) is 1.69. The summed E-state index contributed by atoms with van der Waals surface area (Å²) < 4.78 is 0. The molecule has 0 atom stereocenters. The molecule has 0 aliphatic carbocycles. The van der Waals surface area contributed by atoms with Gasteiger partial charge in [0.05, 0.1) is 5.02 Å². The molecule has 0 fully saturated rings. The largest absolute Gasteiger partial charge is 0.481 e. The van der Waals surface area contributed by atoms with Gasteiger partial charge in [-0.3, -0.25) is 4.79 Å². The van der Waals surface area contributed by atoms with Gasteiger partial charge in [0.15, 0.2) is 0 Å². The molecule has 0 amide bonds. The number of carbonyl (C=O) groups is 1. The predicted octanol–water partition coefficient (Wildman–Crippen LogP) is 3.95. The van der Waals surface area contributed by atoms with E-state index in [1.807, 2.05) is 6.07 Å². The molecule has 0 aliphatic rings. The first-order valence-electron chi connectivity index (χ1n) is 4.39. The minimum atomic E-state index is -0.766. The molecule has 0 radical (unpaired) electrons. The van der Waals surface area contributed by atoms with Gasteiger partial charge < -0.3 is 5.11 Å². The van der Waals surface area contributed by atoms with E-state index in [1.165, 1.54) is 0 Å². The van der Waals surface area contributed by atoms with Crippen LogP contribution in [0.15, 0.2) is 23.1 Å². The molecule has 2 nitrogen and oxygen atoms in total. The van der Waals surface area contributed by atoms with E-state index in [4.69, 9.17) is 28.3 Å². The lowest BCUT2D eigenvalue weighted by atomic mass is 10.3. The van der Waals surface area contributed by atoms with Crippen LogP contribution in [0.5, 0.6) is 0 Å². The first-order valence-corrected chi connectivity index (χ1v) is 6.13. The molecule has 1 aromatic rings. The van der Waals surface area contributed by atoms with Crippen LogP contribution in [0.1, 0.15) is 12.8 Å². The van der Waals surface area contributed by atoms with Crippen LogP contribution in [0.2, 0.25) is 10.0 Å². The van der Waals surface area contributed by atoms with E-state index in [-0.39, 0.29) is 6.42 Å². The maximum atomic E-state index is 10.3. The lowest BCUT2D eigenvalue weighted by Crippen LogP contribution is -1.94. The number of aliphatic carboxylic acids is 1. The van der Waals surface area contributed by atoms with Crippen LogP contribution in [0.25, 0.3) is 0 Å². The number of carboxylic acids is 1. The van der Waals surface area contributed by atoms with Crippen LogP contribution in [0, 0.1) is 0 Å². The van der Waals surface area contributed by atoms with Crippen LogP contribution in [-0.4, -0.2) is 16.8 Å². The Labute approximate surface area is 103 Å². The van der Waals surface area contributed by atoms with E-state index in [1.54, 1.807) is 23.9 Å². The van der Waals surface area contributed by atoms with Gasteiger partial charge in [-0.1, -0.05) is 23.2 Å². The molecule has 0 saturated carbocycles. The Morgan fingerprint density at radius 2 is 2.13 bits per heavy atom. The molecule has 1 aromatic carbocycles. The van der Waals surface area contributed by atoms with Crippen LogP contribution in [0.4, 0.5) is 0 Å². The van der Waals surface area contributed by atoms with E-state index >= 15 is 0 Å². The summed E-state index contributed by atoms with van der Waals surface area (Å²) in [7, 11) is 0. The summed E-state index contributed by atoms with van der Waals surface area (Å²) >= 11 is 13.2. The predicted molar refractivity (Wildman–Crippen MR) is 64.1 cm³/mol. The zero-order valence-corrected chi connectivity index (χ0v) is 10.2. The van der Waals surface area contributed by atoms with Crippen LogP contribution >= 0.6 is 35.0 Å². The summed E-state index contributed by atoms with van der Waals surface area (Å²) in [6, 6.07) is 5.30. The van der Waals surface area contributed by atoms with Gasteiger partial charge in [-0.05, 0) is 30.4 Å². The second-order valence-electron chi connectivity index (χ2n) is 2.92. The van der Waals surface area contributed by atoms with Crippen molar-refractivity contribution >= 4 is 40.9 Å². The van der Waals surface area contributed by atoms with Gasteiger partial charge in [0.1, 0.15) is 0 Å². The topological polar surface area (TPSA) is 37.3 Å². The summed E-state index contributed by atoms with van der Waals surface area (Å²) in [5, 5.41) is 9.67. The lowest BCUT2D eigenvalue weighted by Gasteiger charge is -2.03. The van der Waals surface area contributed by atoms with Crippen molar-refractivity contribution in [2.45, 2.75) is 17.7 Å². The second-order valence-corrected chi connectivity index (χ2v) is 4.90. The molecule has 0 spiro atoms. The molecule has 0 saturated heterocycles. The van der Waals surface area contributed by atoms with Crippen molar-refractivity contribution in [3.05, 3.63) is 28.2 Å². The van der Waals surface area contributed by atoms with Crippen molar-refractivity contribution < 1.29 is 9.90 Å². The van der Waals surface area contributed by atoms with E-state index in [2.05, 4.69) is 0 Å². The maximum absolute atomic E-state index is 10.3. The van der Waals surface area contributed by atoms with Gasteiger partial charge in [0, 0.05) is 16.3 Å². The number of hydrogen-bond acceptors (Lipinski definition) is 2. The first-order chi connectivity index (χ1) is 7.09. The van der Waals surface area contributed by atoms with E-state index in [0.717, 1.165) is 10.6 Å². The third-order valence-corrected chi connectivity index (χ3v) is 3.51. The Bertz CT molecular complexity index is 355. The number of carboxylic acid groups (broad SMARTS) is 1. The smallest absolute Gasteiger partial charge is 0.303 e. The van der Waals surface area contributed by atoms with Gasteiger partial charge in [-0.2, -0.15) is 0 Å². The first kappa shape index (κ1) is 12.7. The summed E-state index contributed by atoms with van der Waals surface area (Å²) in [5.74, 6) is -0.0222. The zero-order chi connectivity index (χ0) is 11.3. The van der Waals surface area contributed by atoms with Gasteiger partial charge in [0.25, 0.3) is 0 Å². The average Bonchev–Trinajstić information content (AvgIpc) is 2.14. The number of thioether (sulfide) groups is 1. The van der Waals surface area contributed by atoms with Gasteiger partial charge in [-0.25, -0.2) is 0 Å². The highest BCUT2D eigenvalue weighted by Gasteiger charge is 2.02. The van der Waals surface area contributed by atoms with Crippen molar-refractivity contribution in [1.29, 1.82) is 0 Å². The van der Waals surface area contributed by atoms with Crippen molar-refractivity contribution in [3.63, 3.8) is 0 Å².